The van der Waals surface area contributed by atoms with Gasteiger partial charge in [-0.05, 0) is 55.5 Å². The Hall–Kier alpha value is -1.15. The van der Waals surface area contributed by atoms with Gasteiger partial charge in [0.1, 0.15) is 0 Å². The fourth-order valence-electron chi connectivity index (χ4n) is 2.03. The molecule has 1 heterocycles. The molecule has 0 amide bonds. The summed E-state index contributed by atoms with van der Waals surface area (Å²) < 4.78 is 7.72. The van der Waals surface area contributed by atoms with Crippen molar-refractivity contribution >= 4 is 39.4 Å². The molecule has 2 rings (SSSR count). The standard InChI is InChI=1S/C15H20IN3O2/c1-15(2,3)18-14-17-12-10(6-5-7-11(12)16)13(20)19(14)8-9-21-4/h5-7H,8-9H2,1-4H3,(H,17,18). The van der Waals surface area contributed by atoms with Gasteiger partial charge in [0.25, 0.3) is 5.56 Å². The van der Waals surface area contributed by atoms with E-state index in [9.17, 15) is 4.79 Å². The second kappa shape index (κ2) is 6.31. The molecule has 1 aromatic carbocycles. The maximum Gasteiger partial charge on any atom is 0.262 e. The van der Waals surface area contributed by atoms with E-state index in [0.717, 1.165) is 9.09 Å². The maximum absolute atomic E-state index is 12.7. The van der Waals surface area contributed by atoms with Crippen LogP contribution in [-0.4, -0.2) is 28.8 Å². The summed E-state index contributed by atoms with van der Waals surface area (Å²) in [5.74, 6) is 0.584. The Balaban J connectivity index is 2.67. The van der Waals surface area contributed by atoms with Crippen LogP contribution in [-0.2, 0) is 11.3 Å². The van der Waals surface area contributed by atoms with Crippen molar-refractivity contribution in [2.75, 3.05) is 19.0 Å². The van der Waals surface area contributed by atoms with Crippen LogP contribution in [0.4, 0.5) is 5.95 Å². The third-order valence-corrected chi connectivity index (χ3v) is 3.81. The van der Waals surface area contributed by atoms with Crippen molar-refractivity contribution in [3.63, 3.8) is 0 Å². The first-order valence-electron chi connectivity index (χ1n) is 6.79. The van der Waals surface area contributed by atoms with E-state index in [1.165, 1.54) is 0 Å². The fraction of sp³-hybridized carbons (Fsp3) is 0.467. The Morgan fingerprint density at radius 1 is 1.38 bits per heavy atom. The number of rotatable bonds is 4. The summed E-state index contributed by atoms with van der Waals surface area (Å²) in [7, 11) is 1.62. The van der Waals surface area contributed by atoms with E-state index >= 15 is 0 Å². The zero-order valence-corrected chi connectivity index (χ0v) is 14.9. The van der Waals surface area contributed by atoms with Gasteiger partial charge in [-0.25, -0.2) is 4.98 Å². The summed E-state index contributed by atoms with van der Waals surface area (Å²) in [5, 5.41) is 3.95. The van der Waals surface area contributed by atoms with Gasteiger partial charge in [0.15, 0.2) is 0 Å². The number of aromatic nitrogens is 2. The molecule has 0 spiro atoms. The van der Waals surface area contributed by atoms with Gasteiger partial charge < -0.3 is 10.1 Å². The van der Waals surface area contributed by atoms with Crippen LogP contribution in [0.1, 0.15) is 20.8 Å². The molecule has 0 aliphatic carbocycles. The number of fused-ring (bicyclic) bond motifs is 1. The third-order valence-electron chi connectivity index (χ3n) is 2.94. The number of methoxy groups -OCH3 is 1. The molecule has 0 saturated heterocycles. The number of para-hydroxylation sites is 1. The van der Waals surface area contributed by atoms with Gasteiger partial charge in [0.05, 0.1) is 24.1 Å². The summed E-state index contributed by atoms with van der Waals surface area (Å²) in [4.78, 5) is 17.4. The van der Waals surface area contributed by atoms with Crippen LogP contribution in [0.15, 0.2) is 23.0 Å². The highest BCUT2D eigenvalue weighted by Gasteiger charge is 2.17. The summed E-state index contributed by atoms with van der Waals surface area (Å²) in [6, 6.07) is 5.65. The molecule has 21 heavy (non-hydrogen) atoms. The number of hydrogen-bond acceptors (Lipinski definition) is 4. The largest absolute Gasteiger partial charge is 0.383 e. The Morgan fingerprint density at radius 3 is 2.71 bits per heavy atom. The smallest absolute Gasteiger partial charge is 0.262 e. The lowest BCUT2D eigenvalue weighted by Gasteiger charge is -2.24. The average Bonchev–Trinajstić information content (AvgIpc) is 2.38. The highest BCUT2D eigenvalue weighted by atomic mass is 127. The van der Waals surface area contributed by atoms with Crippen LogP contribution in [0.3, 0.4) is 0 Å². The summed E-state index contributed by atoms with van der Waals surface area (Å²) in [5.41, 5.74) is 0.521. The van der Waals surface area contributed by atoms with Crippen LogP contribution in [0.5, 0.6) is 0 Å². The van der Waals surface area contributed by atoms with Gasteiger partial charge in [0.2, 0.25) is 5.95 Å². The molecular weight excluding hydrogens is 381 g/mol. The van der Waals surface area contributed by atoms with Gasteiger partial charge in [-0.3, -0.25) is 9.36 Å². The normalized spacial score (nSPS) is 11.9. The lowest BCUT2D eigenvalue weighted by molar-refractivity contribution is 0.186. The first-order chi connectivity index (χ1) is 9.83. The van der Waals surface area contributed by atoms with E-state index in [1.54, 1.807) is 11.7 Å². The lowest BCUT2D eigenvalue weighted by Crippen LogP contribution is -2.34. The molecule has 0 unspecified atom stereocenters. The SMILES string of the molecule is COCCn1c(NC(C)(C)C)nc2c(I)cccc2c1=O. The first kappa shape index (κ1) is 16.2. The van der Waals surface area contributed by atoms with Crippen LogP contribution >= 0.6 is 22.6 Å². The van der Waals surface area contributed by atoms with Crippen LogP contribution in [0, 0.1) is 3.57 Å². The van der Waals surface area contributed by atoms with E-state index < -0.39 is 0 Å². The van der Waals surface area contributed by atoms with Crippen molar-refractivity contribution in [3.05, 3.63) is 32.1 Å². The maximum atomic E-state index is 12.7. The molecule has 0 saturated carbocycles. The predicted molar refractivity (Wildman–Crippen MR) is 94.0 cm³/mol. The molecule has 1 N–H and O–H groups in total. The molecule has 0 atom stereocenters. The van der Waals surface area contributed by atoms with E-state index in [2.05, 4.69) is 32.9 Å². The highest BCUT2D eigenvalue weighted by Crippen LogP contribution is 2.19. The minimum atomic E-state index is -0.178. The fourth-order valence-corrected chi connectivity index (χ4v) is 2.65. The van der Waals surface area contributed by atoms with Crippen molar-refractivity contribution in [2.24, 2.45) is 0 Å². The van der Waals surface area contributed by atoms with Crippen LogP contribution < -0.4 is 10.9 Å². The highest BCUT2D eigenvalue weighted by molar-refractivity contribution is 14.1. The van der Waals surface area contributed by atoms with Gasteiger partial charge in [-0.1, -0.05) is 6.07 Å². The molecule has 6 heteroatoms. The predicted octanol–water partition coefficient (Wildman–Crippen LogP) is 2.86. The third kappa shape index (κ3) is 3.74. The monoisotopic (exact) mass is 401 g/mol. The first-order valence-corrected chi connectivity index (χ1v) is 7.87. The van der Waals surface area contributed by atoms with E-state index in [-0.39, 0.29) is 11.1 Å². The second-order valence-electron chi connectivity index (χ2n) is 5.90. The van der Waals surface area contributed by atoms with Crippen molar-refractivity contribution in [2.45, 2.75) is 32.9 Å². The van der Waals surface area contributed by atoms with Crippen LogP contribution in [0.25, 0.3) is 10.9 Å². The molecule has 114 valence electrons. The number of anilines is 1. The zero-order valence-electron chi connectivity index (χ0n) is 12.7. The molecule has 0 bridgehead atoms. The van der Waals surface area contributed by atoms with Crippen molar-refractivity contribution in [3.8, 4) is 0 Å². The average molecular weight is 401 g/mol. The molecular formula is C15H20IN3O2. The Bertz CT molecular complexity index is 704. The van der Waals surface area contributed by atoms with E-state index in [1.807, 2.05) is 39.0 Å². The summed E-state index contributed by atoms with van der Waals surface area (Å²) in [6.07, 6.45) is 0. The molecule has 1 aromatic heterocycles. The summed E-state index contributed by atoms with van der Waals surface area (Å²) >= 11 is 2.21. The minimum Gasteiger partial charge on any atom is -0.383 e. The minimum absolute atomic E-state index is 0.0395. The van der Waals surface area contributed by atoms with Crippen molar-refractivity contribution in [1.82, 2.24) is 9.55 Å². The molecule has 0 aliphatic rings. The number of benzene rings is 1. The van der Waals surface area contributed by atoms with E-state index in [0.29, 0.717) is 24.5 Å². The van der Waals surface area contributed by atoms with Gasteiger partial charge in [-0.2, -0.15) is 0 Å². The lowest BCUT2D eigenvalue weighted by atomic mass is 10.1. The van der Waals surface area contributed by atoms with Crippen molar-refractivity contribution in [1.29, 1.82) is 0 Å². The van der Waals surface area contributed by atoms with Crippen molar-refractivity contribution < 1.29 is 4.74 Å². The van der Waals surface area contributed by atoms with Gasteiger partial charge in [-0.15, -0.1) is 0 Å². The Morgan fingerprint density at radius 2 is 2.10 bits per heavy atom. The molecule has 5 nitrogen and oxygen atoms in total. The van der Waals surface area contributed by atoms with E-state index in [4.69, 9.17) is 4.74 Å². The topological polar surface area (TPSA) is 56.1 Å². The quantitative estimate of drug-likeness (QED) is 0.801. The molecule has 0 fully saturated rings. The zero-order chi connectivity index (χ0) is 15.6. The van der Waals surface area contributed by atoms with Gasteiger partial charge in [0, 0.05) is 16.2 Å². The number of halogens is 1. The molecule has 2 aromatic rings. The second-order valence-corrected chi connectivity index (χ2v) is 7.06. The van der Waals surface area contributed by atoms with Gasteiger partial charge >= 0.3 is 0 Å². The number of nitrogens with zero attached hydrogens (tertiary/aromatic N) is 2. The summed E-state index contributed by atoms with van der Waals surface area (Å²) in [6.45, 7) is 7.07. The Kier molecular flexibility index (Phi) is 4.88. The number of ether oxygens (including phenoxy) is 1. The number of hydrogen-bond donors (Lipinski definition) is 1. The number of nitrogens with one attached hydrogen (secondary N) is 1. The Labute approximate surface area is 137 Å². The molecule has 0 aliphatic heterocycles. The molecule has 0 radical (unpaired) electrons. The van der Waals surface area contributed by atoms with Crippen LogP contribution in [0.2, 0.25) is 0 Å².